The molecule has 3 heteroatoms. The maximum Gasteiger partial charge on any atom is 0.0519 e. The Kier molecular flexibility index (Phi) is 2.89. The smallest absolute Gasteiger partial charge is 0.0519 e. The molecule has 14 heavy (non-hydrogen) atoms. The van der Waals surface area contributed by atoms with Crippen LogP contribution < -0.4 is 0 Å². The highest BCUT2D eigenvalue weighted by molar-refractivity contribution is 7.98. The highest BCUT2D eigenvalue weighted by Crippen LogP contribution is 2.22. The van der Waals surface area contributed by atoms with Gasteiger partial charge >= 0.3 is 0 Å². The van der Waals surface area contributed by atoms with E-state index in [9.17, 15) is 0 Å². The number of nitrogens with one attached hydrogen (secondary N) is 1. The molecule has 0 saturated carbocycles. The molecule has 0 spiro atoms. The van der Waals surface area contributed by atoms with Crippen LogP contribution >= 0.6 is 11.8 Å². The number of aryl methyl sites for hydroxylation is 1. The van der Waals surface area contributed by atoms with Gasteiger partial charge in [-0.25, -0.2) is 0 Å². The van der Waals surface area contributed by atoms with E-state index in [1.165, 1.54) is 16.2 Å². The summed E-state index contributed by atoms with van der Waals surface area (Å²) >= 11 is 1.82. The molecular formula is C11H12N2S. The fraction of sp³-hybridized carbons (Fsp3) is 0.182. The molecule has 2 nitrogen and oxygen atoms in total. The number of rotatable bonds is 3. The Morgan fingerprint density at radius 1 is 1.29 bits per heavy atom. The van der Waals surface area contributed by atoms with Crippen LogP contribution in [0.4, 0.5) is 0 Å². The number of aromatic amines is 1. The highest BCUT2D eigenvalue weighted by atomic mass is 32.2. The standard InChI is InChI=1S/C11H12N2S/c1-9-7-12-13-11(9)8-14-10-5-3-2-4-6-10/h2-7H,8H2,1H3,(H,12,13). The fourth-order valence-corrected chi connectivity index (χ4v) is 2.14. The maximum absolute atomic E-state index is 4.00. The quantitative estimate of drug-likeness (QED) is 0.778. The van der Waals surface area contributed by atoms with E-state index in [-0.39, 0.29) is 0 Å². The molecule has 0 aliphatic carbocycles. The largest absolute Gasteiger partial charge is 0.281 e. The normalized spacial score (nSPS) is 10.4. The number of hydrogen-bond acceptors (Lipinski definition) is 2. The summed E-state index contributed by atoms with van der Waals surface area (Å²) in [4.78, 5) is 1.29. The Labute approximate surface area is 87.7 Å². The van der Waals surface area contributed by atoms with Gasteiger partial charge in [-0.2, -0.15) is 5.10 Å². The molecule has 0 aliphatic rings. The molecule has 0 atom stereocenters. The van der Waals surface area contributed by atoms with Gasteiger partial charge in [-0.15, -0.1) is 11.8 Å². The molecule has 0 radical (unpaired) electrons. The molecule has 0 saturated heterocycles. The second-order valence-electron chi connectivity index (χ2n) is 3.13. The molecule has 0 fully saturated rings. The van der Waals surface area contributed by atoms with Crippen molar-refractivity contribution in [2.75, 3.05) is 0 Å². The molecule has 2 aromatic rings. The van der Waals surface area contributed by atoms with E-state index in [1.54, 1.807) is 0 Å². The van der Waals surface area contributed by atoms with E-state index in [0.717, 1.165) is 5.75 Å². The summed E-state index contributed by atoms with van der Waals surface area (Å²) in [5, 5.41) is 7.00. The monoisotopic (exact) mass is 204 g/mol. The summed E-state index contributed by atoms with van der Waals surface area (Å²) in [6, 6.07) is 10.4. The average Bonchev–Trinajstić information content (AvgIpc) is 2.63. The van der Waals surface area contributed by atoms with Gasteiger partial charge < -0.3 is 0 Å². The molecule has 0 bridgehead atoms. The van der Waals surface area contributed by atoms with Crippen molar-refractivity contribution in [3.05, 3.63) is 47.8 Å². The van der Waals surface area contributed by atoms with E-state index in [2.05, 4.69) is 41.4 Å². The molecule has 0 aliphatic heterocycles. The number of aromatic nitrogens is 2. The van der Waals surface area contributed by atoms with Crippen LogP contribution in [0.2, 0.25) is 0 Å². The topological polar surface area (TPSA) is 28.7 Å². The van der Waals surface area contributed by atoms with Crippen molar-refractivity contribution < 1.29 is 0 Å². The van der Waals surface area contributed by atoms with Crippen molar-refractivity contribution in [2.45, 2.75) is 17.6 Å². The lowest BCUT2D eigenvalue weighted by atomic mass is 10.3. The summed E-state index contributed by atoms with van der Waals surface area (Å²) in [6.07, 6.45) is 1.86. The molecule has 0 unspecified atom stereocenters. The van der Waals surface area contributed by atoms with Gasteiger partial charge in [-0.1, -0.05) is 18.2 Å². The lowest BCUT2D eigenvalue weighted by molar-refractivity contribution is 1.03. The van der Waals surface area contributed by atoms with Gasteiger partial charge in [-0.3, -0.25) is 5.10 Å². The minimum absolute atomic E-state index is 0.954. The third-order valence-electron chi connectivity index (χ3n) is 2.06. The number of benzene rings is 1. The van der Waals surface area contributed by atoms with Gasteiger partial charge in [0.25, 0.3) is 0 Å². The second-order valence-corrected chi connectivity index (χ2v) is 4.18. The van der Waals surface area contributed by atoms with Crippen LogP contribution in [-0.2, 0) is 5.75 Å². The minimum atomic E-state index is 0.954. The molecule has 72 valence electrons. The lowest BCUT2D eigenvalue weighted by Crippen LogP contribution is -1.83. The summed E-state index contributed by atoms with van der Waals surface area (Å²) in [5.74, 6) is 0.954. The zero-order chi connectivity index (χ0) is 9.80. The molecule has 2 rings (SSSR count). The van der Waals surface area contributed by atoms with Crippen LogP contribution in [0.5, 0.6) is 0 Å². The van der Waals surface area contributed by atoms with Crippen LogP contribution in [0.3, 0.4) is 0 Å². The van der Waals surface area contributed by atoms with E-state index >= 15 is 0 Å². The Hall–Kier alpha value is -1.22. The van der Waals surface area contributed by atoms with E-state index in [4.69, 9.17) is 0 Å². The second kappa shape index (κ2) is 4.33. The first kappa shape index (κ1) is 9.34. The number of hydrogen-bond donors (Lipinski definition) is 1. The molecule has 0 amide bonds. The molecule has 1 aromatic carbocycles. The van der Waals surface area contributed by atoms with Gasteiger partial charge in [0.1, 0.15) is 0 Å². The Bertz CT molecular complexity index is 395. The van der Waals surface area contributed by atoms with E-state index in [0.29, 0.717) is 0 Å². The number of thioether (sulfide) groups is 1. The number of H-pyrrole nitrogens is 1. The van der Waals surface area contributed by atoms with Crippen molar-refractivity contribution in [3.8, 4) is 0 Å². The summed E-state index contributed by atoms with van der Waals surface area (Å²) < 4.78 is 0. The van der Waals surface area contributed by atoms with Crippen molar-refractivity contribution in [1.82, 2.24) is 10.2 Å². The van der Waals surface area contributed by atoms with Crippen LogP contribution in [0.1, 0.15) is 11.3 Å². The van der Waals surface area contributed by atoms with Gasteiger partial charge in [0.05, 0.1) is 6.20 Å². The fourth-order valence-electron chi connectivity index (χ4n) is 1.19. The zero-order valence-corrected chi connectivity index (χ0v) is 8.84. The van der Waals surface area contributed by atoms with Crippen molar-refractivity contribution in [1.29, 1.82) is 0 Å². The minimum Gasteiger partial charge on any atom is -0.281 e. The van der Waals surface area contributed by atoms with Crippen LogP contribution in [0, 0.1) is 6.92 Å². The lowest BCUT2D eigenvalue weighted by Gasteiger charge is -1.99. The molecular weight excluding hydrogens is 192 g/mol. The summed E-state index contributed by atoms with van der Waals surface area (Å²) in [6.45, 7) is 2.07. The van der Waals surface area contributed by atoms with Crippen molar-refractivity contribution in [2.24, 2.45) is 0 Å². The SMILES string of the molecule is Cc1cn[nH]c1CSc1ccccc1. The maximum atomic E-state index is 4.00. The van der Waals surface area contributed by atoms with E-state index in [1.807, 2.05) is 24.0 Å². The van der Waals surface area contributed by atoms with Gasteiger partial charge in [-0.05, 0) is 24.6 Å². The molecule has 1 aromatic heterocycles. The van der Waals surface area contributed by atoms with Crippen molar-refractivity contribution in [3.63, 3.8) is 0 Å². The highest BCUT2D eigenvalue weighted by Gasteiger charge is 2.00. The van der Waals surface area contributed by atoms with E-state index < -0.39 is 0 Å². The van der Waals surface area contributed by atoms with Crippen LogP contribution in [0.25, 0.3) is 0 Å². The summed E-state index contributed by atoms with van der Waals surface area (Å²) in [7, 11) is 0. The van der Waals surface area contributed by atoms with Crippen LogP contribution in [0.15, 0.2) is 41.4 Å². The van der Waals surface area contributed by atoms with Gasteiger partial charge in [0.2, 0.25) is 0 Å². The zero-order valence-electron chi connectivity index (χ0n) is 8.03. The van der Waals surface area contributed by atoms with Gasteiger partial charge in [0.15, 0.2) is 0 Å². The molecule has 1 heterocycles. The van der Waals surface area contributed by atoms with Crippen LogP contribution in [-0.4, -0.2) is 10.2 Å². The first-order chi connectivity index (χ1) is 6.86. The summed E-state index contributed by atoms with van der Waals surface area (Å²) in [5.41, 5.74) is 2.44. The third kappa shape index (κ3) is 2.17. The van der Waals surface area contributed by atoms with Gasteiger partial charge in [0, 0.05) is 16.3 Å². The predicted molar refractivity (Wildman–Crippen MR) is 59.3 cm³/mol. The Balaban J connectivity index is 1.99. The Morgan fingerprint density at radius 2 is 2.07 bits per heavy atom. The average molecular weight is 204 g/mol. The molecule has 1 N–H and O–H groups in total. The first-order valence-corrected chi connectivity index (χ1v) is 5.51. The first-order valence-electron chi connectivity index (χ1n) is 4.53. The predicted octanol–water partition coefficient (Wildman–Crippen LogP) is 3.01. The Morgan fingerprint density at radius 3 is 2.71 bits per heavy atom. The third-order valence-corrected chi connectivity index (χ3v) is 3.10. The van der Waals surface area contributed by atoms with Crippen molar-refractivity contribution >= 4 is 11.8 Å². The number of nitrogens with zero attached hydrogens (tertiary/aromatic N) is 1.